The molecule has 0 aromatic heterocycles. The molecule has 14 heteroatoms. The Morgan fingerprint density at radius 3 is 2.18 bits per heavy atom. The summed E-state index contributed by atoms with van der Waals surface area (Å²) in [5.74, 6) is -1.38. The monoisotopic (exact) mass is 547 g/mol. The Labute approximate surface area is 198 Å². The van der Waals surface area contributed by atoms with Crippen molar-refractivity contribution in [2.45, 2.75) is 30.2 Å². The number of amides is 1. The van der Waals surface area contributed by atoms with E-state index in [0.717, 1.165) is 24.9 Å². The summed E-state index contributed by atoms with van der Waals surface area (Å²) in [6.07, 6.45) is -5.13. The van der Waals surface area contributed by atoms with Gasteiger partial charge in [-0.2, -0.15) is 21.6 Å². The van der Waals surface area contributed by atoms with E-state index in [1.165, 1.54) is 25.1 Å². The van der Waals surface area contributed by atoms with Crippen molar-refractivity contribution in [3.8, 4) is 0 Å². The molecule has 1 amide bonds. The molecule has 0 fully saturated rings. The van der Waals surface area contributed by atoms with Crippen molar-refractivity contribution in [2.75, 3.05) is 17.7 Å². The standard InChI is InChI=1S/C19H18Cl2F3NO6S2/c1-4-32(27,28)16-6-5-12(20)9-15(16)25(3)18(26)11-7-13(19(22,23)24)17(14(21)8-11)10(2)33(29,30)31/h5-10H,4H2,1-3H3,(H,29,30,31). The Kier molecular flexibility index (Phi) is 7.81. The van der Waals surface area contributed by atoms with E-state index in [1.54, 1.807) is 0 Å². The van der Waals surface area contributed by atoms with Gasteiger partial charge in [0.1, 0.15) is 5.25 Å². The Hall–Kier alpha value is -1.86. The lowest BCUT2D eigenvalue weighted by molar-refractivity contribution is -0.138. The number of hydrogen-bond acceptors (Lipinski definition) is 5. The van der Waals surface area contributed by atoms with Crippen LogP contribution < -0.4 is 4.90 Å². The van der Waals surface area contributed by atoms with E-state index < -0.39 is 59.0 Å². The Morgan fingerprint density at radius 1 is 1.12 bits per heavy atom. The predicted molar refractivity (Wildman–Crippen MR) is 118 cm³/mol. The van der Waals surface area contributed by atoms with Gasteiger partial charge in [-0.15, -0.1) is 0 Å². The fraction of sp³-hybridized carbons (Fsp3) is 0.316. The highest BCUT2D eigenvalue weighted by atomic mass is 35.5. The van der Waals surface area contributed by atoms with E-state index in [4.69, 9.17) is 23.2 Å². The molecular formula is C19H18Cl2F3NO6S2. The number of halogens is 5. The minimum absolute atomic E-state index is 0.0750. The molecule has 0 saturated heterocycles. The quantitative estimate of drug-likeness (QED) is 0.508. The zero-order chi connectivity index (χ0) is 25.5. The summed E-state index contributed by atoms with van der Waals surface area (Å²) >= 11 is 11.9. The summed E-state index contributed by atoms with van der Waals surface area (Å²) in [6.45, 7) is 2.19. The third kappa shape index (κ3) is 5.80. The SMILES string of the molecule is CCS(=O)(=O)c1ccc(Cl)cc1N(C)C(=O)c1cc(Cl)c(C(C)S(=O)(=O)O)c(C(F)(F)F)c1. The van der Waals surface area contributed by atoms with Crippen LogP contribution >= 0.6 is 23.2 Å². The Balaban J connectivity index is 2.72. The van der Waals surface area contributed by atoms with Crippen molar-refractivity contribution in [1.82, 2.24) is 0 Å². The first kappa shape index (κ1) is 27.4. The zero-order valence-corrected chi connectivity index (χ0v) is 20.5. The summed E-state index contributed by atoms with van der Waals surface area (Å²) in [4.78, 5) is 13.6. The molecule has 1 unspecified atom stereocenters. The molecule has 0 aliphatic rings. The summed E-state index contributed by atoms with van der Waals surface area (Å²) in [6, 6.07) is 4.83. The van der Waals surface area contributed by atoms with Crippen LogP contribution in [0.15, 0.2) is 35.2 Å². The summed E-state index contributed by atoms with van der Waals surface area (Å²) in [5.41, 5.74) is -3.23. The van der Waals surface area contributed by atoms with Crippen LogP contribution in [0.1, 0.15) is 40.6 Å². The van der Waals surface area contributed by atoms with Crippen molar-refractivity contribution in [1.29, 1.82) is 0 Å². The second kappa shape index (κ2) is 9.41. The largest absolute Gasteiger partial charge is 0.416 e. The number of nitrogens with zero attached hydrogens (tertiary/aromatic N) is 1. The molecular weight excluding hydrogens is 530 g/mol. The number of carbonyl (C=O) groups is 1. The van der Waals surface area contributed by atoms with Gasteiger partial charge >= 0.3 is 6.18 Å². The van der Waals surface area contributed by atoms with Gasteiger partial charge in [0.15, 0.2) is 9.84 Å². The van der Waals surface area contributed by atoms with Gasteiger partial charge in [-0.3, -0.25) is 9.35 Å². The molecule has 0 aliphatic heterocycles. The van der Waals surface area contributed by atoms with Crippen molar-refractivity contribution in [3.63, 3.8) is 0 Å². The van der Waals surface area contributed by atoms with Gasteiger partial charge in [0.05, 0.1) is 21.9 Å². The normalized spacial score (nSPS) is 13.6. The summed E-state index contributed by atoms with van der Waals surface area (Å²) in [5, 5.41) is -2.68. The molecule has 0 aliphatic carbocycles. The fourth-order valence-corrected chi connectivity index (χ4v) is 5.28. The zero-order valence-electron chi connectivity index (χ0n) is 17.3. The first-order valence-corrected chi connectivity index (χ1v) is 13.0. The predicted octanol–water partition coefficient (Wildman–Crippen LogP) is 5.03. The Morgan fingerprint density at radius 2 is 1.70 bits per heavy atom. The van der Waals surface area contributed by atoms with Crippen molar-refractivity contribution >= 4 is 54.8 Å². The molecule has 0 bridgehead atoms. The van der Waals surface area contributed by atoms with Gasteiger partial charge in [0, 0.05) is 28.2 Å². The lowest BCUT2D eigenvalue weighted by Crippen LogP contribution is -2.29. The maximum atomic E-state index is 13.7. The second-order valence-corrected chi connectivity index (χ2v) is 11.8. The van der Waals surface area contributed by atoms with Gasteiger partial charge in [-0.25, -0.2) is 8.42 Å². The molecule has 1 atom stereocenters. The van der Waals surface area contributed by atoms with Crippen LogP contribution in [0.4, 0.5) is 18.9 Å². The number of hydrogen-bond donors (Lipinski definition) is 1. The molecule has 1 N–H and O–H groups in total. The molecule has 182 valence electrons. The highest BCUT2D eigenvalue weighted by Gasteiger charge is 2.39. The van der Waals surface area contributed by atoms with Crippen molar-refractivity contribution < 1.29 is 39.4 Å². The van der Waals surface area contributed by atoms with Gasteiger partial charge in [-0.05, 0) is 37.3 Å². The van der Waals surface area contributed by atoms with Crippen LogP contribution in [0.25, 0.3) is 0 Å². The van der Waals surface area contributed by atoms with Gasteiger partial charge in [0.2, 0.25) is 0 Å². The smallest absolute Gasteiger partial charge is 0.310 e. The molecule has 0 spiro atoms. The summed E-state index contributed by atoms with van der Waals surface area (Å²) in [7, 11) is -7.64. The van der Waals surface area contributed by atoms with Gasteiger partial charge < -0.3 is 4.90 Å². The maximum absolute atomic E-state index is 13.7. The number of benzene rings is 2. The fourth-order valence-electron chi connectivity index (χ4n) is 3.01. The van der Waals surface area contributed by atoms with Gasteiger partial charge in [0.25, 0.3) is 16.0 Å². The van der Waals surface area contributed by atoms with Crippen LogP contribution in [-0.4, -0.2) is 40.1 Å². The van der Waals surface area contributed by atoms with E-state index in [9.17, 15) is 39.4 Å². The highest BCUT2D eigenvalue weighted by molar-refractivity contribution is 7.91. The molecule has 0 saturated carbocycles. The van der Waals surface area contributed by atoms with Crippen molar-refractivity contribution in [3.05, 3.63) is 57.1 Å². The van der Waals surface area contributed by atoms with Crippen LogP contribution in [-0.2, 0) is 26.1 Å². The molecule has 2 aromatic carbocycles. The number of alkyl halides is 3. The van der Waals surface area contributed by atoms with Gasteiger partial charge in [-0.1, -0.05) is 30.1 Å². The molecule has 2 rings (SSSR count). The minimum Gasteiger partial charge on any atom is -0.310 e. The summed E-state index contributed by atoms with van der Waals surface area (Å²) < 4.78 is 98.1. The first-order chi connectivity index (χ1) is 14.9. The topological polar surface area (TPSA) is 109 Å². The molecule has 2 aromatic rings. The number of carbonyl (C=O) groups excluding carboxylic acids is 1. The second-order valence-electron chi connectivity index (χ2n) is 6.95. The molecule has 7 nitrogen and oxygen atoms in total. The van der Waals surface area contributed by atoms with E-state index >= 15 is 0 Å². The first-order valence-electron chi connectivity index (χ1n) is 9.09. The Bertz CT molecular complexity index is 1310. The number of anilines is 1. The third-order valence-corrected chi connectivity index (χ3v) is 8.29. The molecule has 0 heterocycles. The van der Waals surface area contributed by atoms with E-state index in [-0.39, 0.29) is 21.4 Å². The van der Waals surface area contributed by atoms with Crippen LogP contribution in [0.3, 0.4) is 0 Å². The third-order valence-electron chi connectivity index (χ3n) is 4.84. The lowest BCUT2D eigenvalue weighted by atomic mass is 10.00. The van der Waals surface area contributed by atoms with Crippen molar-refractivity contribution in [2.24, 2.45) is 0 Å². The van der Waals surface area contributed by atoms with Crippen LogP contribution in [0, 0.1) is 0 Å². The molecule has 33 heavy (non-hydrogen) atoms. The van der Waals surface area contributed by atoms with E-state index in [0.29, 0.717) is 6.07 Å². The van der Waals surface area contributed by atoms with E-state index in [2.05, 4.69) is 0 Å². The van der Waals surface area contributed by atoms with E-state index in [1.807, 2.05) is 0 Å². The van der Waals surface area contributed by atoms with Crippen LogP contribution in [0.2, 0.25) is 10.0 Å². The molecule has 0 radical (unpaired) electrons. The minimum atomic E-state index is -5.13. The maximum Gasteiger partial charge on any atom is 0.416 e. The lowest BCUT2D eigenvalue weighted by Gasteiger charge is -2.23. The van der Waals surface area contributed by atoms with Crippen LogP contribution in [0.5, 0.6) is 0 Å². The highest BCUT2D eigenvalue weighted by Crippen LogP contribution is 2.41. The number of rotatable bonds is 6. The average molecular weight is 548 g/mol. The average Bonchev–Trinajstić information content (AvgIpc) is 2.69. The number of sulfone groups is 1.